The maximum absolute atomic E-state index is 12.1. The van der Waals surface area contributed by atoms with Gasteiger partial charge in [-0.25, -0.2) is 0 Å². The normalized spacial score (nSPS) is 17.5. The molecule has 2 N–H and O–H groups in total. The maximum Gasteiger partial charge on any atom is 0.191 e. The van der Waals surface area contributed by atoms with Crippen molar-refractivity contribution in [1.29, 1.82) is 0 Å². The summed E-state index contributed by atoms with van der Waals surface area (Å²) < 4.78 is 17.4. The molecule has 0 radical (unpaired) electrons. The average molecular weight is 353 g/mol. The Labute approximate surface area is 147 Å². The Morgan fingerprint density at radius 2 is 1.92 bits per heavy atom. The van der Waals surface area contributed by atoms with Crippen LogP contribution in [-0.2, 0) is 21.3 Å². The van der Waals surface area contributed by atoms with Crippen LogP contribution in [0.1, 0.15) is 5.56 Å². The van der Waals surface area contributed by atoms with Gasteiger partial charge in [0, 0.05) is 62.1 Å². The van der Waals surface area contributed by atoms with E-state index in [1.54, 1.807) is 7.05 Å². The van der Waals surface area contributed by atoms with Crippen LogP contribution in [-0.4, -0.2) is 73.8 Å². The van der Waals surface area contributed by atoms with Crippen LogP contribution < -0.4 is 10.6 Å². The van der Waals surface area contributed by atoms with E-state index in [4.69, 9.17) is 4.74 Å². The summed E-state index contributed by atoms with van der Waals surface area (Å²) in [4.78, 5) is 6.58. The number of nitrogens with one attached hydrogen (secondary N) is 2. The Kier molecular flexibility index (Phi) is 8.80. The van der Waals surface area contributed by atoms with Crippen molar-refractivity contribution in [2.24, 2.45) is 4.99 Å². The molecule has 1 heterocycles. The fourth-order valence-electron chi connectivity index (χ4n) is 2.49. The number of aliphatic imine (C=N–C) groups is 1. The van der Waals surface area contributed by atoms with Gasteiger partial charge in [0.1, 0.15) is 0 Å². The minimum Gasteiger partial charge on any atom is -0.379 e. The van der Waals surface area contributed by atoms with Crippen LogP contribution in [0.3, 0.4) is 0 Å². The third-order valence-corrected chi connectivity index (χ3v) is 5.16. The molecule has 7 heteroatoms. The van der Waals surface area contributed by atoms with Gasteiger partial charge < -0.3 is 15.4 Å². The van der Waals surface area contributed by atoms with Crippen LogP contribution in [0.25, 0.3) is 0 Å². The van der Waals surface area contributed by atoms with Crippen molar-refractivity contribution < 1.29 is 8.95 Å². The molecule has 0 saturated carbocycles. The Bertz CT molecular complexity index is 519. The minimum atomic E-state index is -0.866. The molecule has 1 aliphatic rings. The summed E-state index contributed by atoms with van der Waals surface area (Å²) in [6, 6.07) is 9.95. The third kappa shape index (κ3) is 7.42. The molecule has 1 unspecified atom stereocenters. The zero-order valence-electron chi connectivity index (χ0n) is 14.4. The van der Waals surface area contributed by atoms with Gasteiger partial charge in [-0.1, -0.05) is 30.3 Å². The maximum atomic E-state index is 12.1. The molecule has 24 heavy (non-hydrogen) atoms. The standard InChI is InChI=1S/C17H28N4O2S/c1-18-17(19-7-9-21-10-12-23-13-11-21)20-8-14-24(22)15-16-5-3-2-4-6-16/h2-6H,7-15H2,1H3,(H2,18,19,20). The Morgan fingerprint density at radius 1 is 1.21 bits per heavy atom. The summed E-state index contributed by atoms with van der Waals surface area (Å²) in [6.45, 7) is 6.09. The predicted octanol–water partition coefficient (Wildman–Crippen LogP) is 0.433. The zero-order valence-corrected chi connectivity index (χ0v) is 15.2. The van der Waals surface area contributed by atoms with Gasteiger partial charge in [-0.15, -0.1) is 0 Å². The van der Waals surface area contributed by atoms with Gasteiger partial charge in [-0.3, -0.25) is 14.1 Å². The molecular formula is C17H28N4O2S. The highest BCUT2D eigenvalue weighted by Crippen LogP contribution is 2.02. The first-order valence-corrected chi connectivity index (χ1v) is 9.90. The number of hydrogen-bond acceptors (Lipinski definition) is 4. The van der Waals surface area contributed by atoms with E-state index in [-0.39, 0.29) is 0 Å². The number of ether oxygens (including phenoxy) is 1. The Balaban J connectivity index is 1.58. The van der Waals surface area contributed by atoms with Crippen molar-refractivity contribution in [3.05, 3.63) is 35.9 Å². The van der Waals surface area contributed by atoms with Gasteiger partial charge in [-0.05, 0) is 5.56 Å². The highest BCUT2D eigenvalue weighted by molar-refractivity contribution is 7.84. The van der Waals surface area contributed by atoms with E-state index in [1.807, 2.05) is 30.3 Å². The quantitative estimate of drug-likeness (QED) is 0.525. The summed E-state index contributed by atoms with van der Waals surface area (Å²) in [5.41, 5.74) is 1.11. The van der Waals surface area contributed by atoms with E-state index < -0.39 is 10.8 Å². The second-order valence-corrected chi connectivity index (χ2v) is 7.23. The van der Waals surface area contributed by atoms with Crippen molar-refractivity contribution in [2.45, 2.75) is 5.75 Å². The van der Waals surface area contributed by atoms with Gasteiger partial charge in [0.05, 0.1) is 13.2 Å². The van der Waals surface area contributed by atoms with Crippen molar-refractivity contribution in [3.8, 4) is 0 Å². The molecule has 134 valence electrons. The summed E-state index contributed by atoms with van der Waals surface area (Å²) in [7, 11) is 0.889. The molecule has 0 aromatic heterocycles. The molecule has 0 spiro atoms. The minimum absolute atomic E-state index is 0.603. The SMILES string of the molecule is CN=C(NCCN1CCOCC1)NCCS(=O)Cc1ccccc1. The van der Waals surface area contributed by atoms with E-state index in [9.17, 15) is 4.21 Å². The fraction of sp³-hybridized carbons (Fsp3) is 0.588. The second kappa shape index (κ2) is 11.2. The number of benzene rings is 1. The van der Waals surface area contributed by atoms with Gasteiger partial charge in [0.25, 0.3) is 0 Å². The van der Waals surface area contributed by atoms with Crippen LogP contribution in [0, 0.1) is 0 Å². The second-order valence-electron chi connectivity index (χ2n) is 5.65. The molecule has 1 atom stereocenters. The highest BCUT2D eigenvalue weighted by atomic mass is 32.2. The number of morpholine rings is 1. The molecule has 6 nitrogen and oxygen atoms in total. The molecule has 0 amide bonds. The summed E-state index contributed by atoms with van der Waals surface area (Å²) in [5, 5.41) is 6.52. The molecular weight excluding hydrogens is 324 g/mol. The lowest BCUT2D eigenvalue weighted by Crippen LogP contribution is -2.45. The monoisotopic (exact) mass is 352 g/mol. The molecule has 2 rings (SSSR count). The molecule has 1 aromatic carbocycles. The molecule has 1 fully saturated rings. The number of rotatable bonds is 8. The Hall–Kier alpha value is -1.44. The first-order chi connectivity index (χ1) is 11.8. The Morgan fingerprint density at radius 3 is 2.62 bits per heavy atom. The van der Waals surface area contributed by atoms with E-state index >= 15 is 0 Å². The van der Waals surface area contributed by atoms with E-state index in [1.165, 1.54) is 0 Å². The van der Waals surface area contributed by atoms with Crippen molar-refractivity contribution in [3.63, 3.8) is 0 Å². The first-order valence-electron chi connectivity index (χ1n) is 8.41. The van der Waals surface area contributed by atoms with E-state index in [2.05, 4.69) is 20.5 Å². The topological polar surface area (TPSA) is 66.0 Å². The van der Waals surface area contributed by atoms with Crippen molar-refractivity contribution in [1.82, 2.24) is 15.5 Å². The fourth-order valence-corrected chi connectivity index (χ4v) is 3.53. The average Bonchev–Trinajstić information content (AvgIpc) is 2.62. The van der Waals surface area contributed by atoms with Crippen LogP contribution in [0.2, 0.25) is 0 Å². The van der Waals surface area contributed by atoms with E-state index in [0.29, 0.717) is 18.1 Å². The zero-order chi connectivity index (χ0) is 17.0. The third-order valence-electron chi connectivity index (χ3n) is 3.84. The molecule has 1 aliphatic heterocycles. The van der Waals surface area contributed by atoms with Gasteiger partial charge >= 0.3 is 0 Å². The van der Waals surface area contributed by atoms with Crippen LogP contribution >= 0.6 is 0 Å². The number of nitrogens with zero attached hydrogens (tertiary/aromatic N) is 2. The van der Waals surface area contributed by atoms with Gasteiger partial charge in [-0.2, -0.15) is 0 Å². The number of guanidine groups is 1. The predicted molar refractivity (Wildman–Crippen MR) is 99.8 cm³/mol. The van der Waals surface area contributed by atoms with Crippen LogP contribution in [0.5, 0.6) is 0 Å². The van der Waals surface area contributed by atoms with Crippen molar-refractivity contribution in [2.75, 3.05) is 58.7 Å². The molecule has 1 aromatic rings. The molecule has 0 aliphatic carbocycles. The summed E-state index contributed by atoms with van der Waals surface area (Å²) >= 11 is 0. The number of hydrogen-bond donors (Lipinski definition) is 2. The lowest BCUT2D eigenvalue weighted by molar-refractivity contribution is 0.0389. The lowest BCUT2D eigenvalue weighted by atomic mass is 10.2. The largest absolute Gasteiger partial charge is 0.379 e. The summed E-state index contributed by atoms with van der Waals surface area (Å²) in [5.74, 6) is 1.98. The van der Waals surface area contributed by atoms with Crippen molar-refractivity contribution >= 4 is 16.8 Å². The lowest BCUT2D eigenvalue weighted by Gasteiger charge is -2.26. The molecule has 0 bridgehead atoms. The highest BCUT2D eigenvalue weighted by Gasteiger charge is 2.09. The van der Waals surface area contributed by atoms with E-state index in [0.717, 1.165) is 50.9 Å². The molecule has 1 saturated heterocycles. The first kappa shape index (κ1) is 18.9. The van der Waals surface area contributed by atoms with Gasteiger partial charge in [0.2, 0.25) is 0 Å². The van der Waals surface area contributed by atoms with Crippen LogP contribution in [0.4, 0.5) is 0 Å². The smallest absolute Gasteiger partial charge is 0.191 e. The van der Waals surface area contributed by atoms with Crippen LogP contribution in [0.15, 0.2) is 35.3 Å². The van der Waals surface area contributed by atoms with Gasteiger partial charge in [0.15, 0.2) is 5.96 Å². The summed E-state index contributed by atoms with van der Waals surface area (Å²) in [6.07, 6.45) is 0.